The number of para-hydroxylation sites is 1. The van der Waals surface area contributed by atoms with Crippen LogP contribution in [0.1, 0.15) is 56.4 Å². The fourth-order valence-electron chi connectivity index (χ4n) is 4.31. The van der Waals surface area contributed by atoms with Crippen molar-refractivity contribution in [3.8, 4) is 17.1 Å². The maximum atomic E-state index is 6.38. The van der Waals surface area contributed by atoms with Gasteiger partial charge in [-0.05, 0) is 48.1 Å². The molecule has 3 aromatic heterocycles. The van der Waals surface area contributed by atoms with Crippen LogP contribution in [0, 0.1) is 6.92 Å². The molecule has 0 fully saturated rings. The maximum absolute atomic E-state index is 6.38. The van der Waals surface area contributed by atoms with Crippen LogP contribution in [0.2, 0.25) is 0 Å². The van der Waals surface area contributed by atoms with Crippen molar-refractivity contribution >= 4 is 22.1 Å². The van der Waals surface area contributed by atoms with Gasteiger partial charge in [0.1, 0.15) is 11.4 Å². The average Bonchev–Trinajstić information content (AvgIpc) is 3.37. The molecule has 0 aliphatic carbocycles. The number of hydrogen-bond acceptors (Lipinski definition) is 3. The molecule has 0 aliphatic heterocycles. The summed E-state index contributed by atoms with van der Waals surface area (Å²) in [7, 11) is 0. The molecule has 2 aromatic carbocycles. The number of nitrogens with zero attached hydrogens (tertiary/aromatic N) is 3. The summed E-state index contributed by atoms with van der Waals surface area (Å²) in [5.41, 5.74) is 7.16. The molecule has 0 bridgehead atoms. The largest absolute Gasteiger partial charge is 0.437 e. The van der Waals surface area contributed by atoms with Crippen LogP contribution in [0.15, 0.2) is 65.3 Å². The van der Waals surface area contributed by atoms with E-state index in [0.717, 1.165) is 44.7 Å². The first-order chi connectivity index (χ1) is 15.0. The normalized spacial score (nSPS) is 12.0. The smallest absolute Gasteiger partial charge is 0.227 e. The van der Waals surface area contributed by atoms with E-state index in [9.17, 15) is 0 Å². The summed E-state index contributed by atoms with van der Waals surface area (Å²) in [6.07, 6.45) is 3.90. The molecule has 0 saturated carbocycles. The molecule has 0 atom stereocenters. The quantitative estimate of drug-likeness (QED) is 0.311. The predicted molar refractivity (Wildman–Crippen MR) is 127 cm³/mol. The summed E-state index contributed by atoms with van der Waals surface area (Å²) in [6, 6.07) is 17.0. The fraction of sp³-hybridized carbons (Fsp3) is 0.259. The number of pyridine rings is 1. The van der Waals surface area contributed by atoms with Crippen molar-refractivity contribution in [1.82, 2.24) is 14.5 Å². The molecule has 0 aliphatic rings. The van der Waals surface area contributed by atoms with Crippen LogP contribution in [0.5, 0.6) is 0 Å². The van der Waals surface area contributed by atoms with Crippen LogP contribution in [0.4, 0.5) is 0 Å². The topological polar surface area (TPSA) is 43.9 Å². The molecule has 4 heteroatoms. The third kappa shape index (κ3) is 3.14. The molecule has 0 amide bonds. The van der Waals surface area contributed by atoms with Gasteiger partial charge in [-0.15, -0.1) is 0 Å². The van der Waals surface area contributed by atoms with Crippen molar-refractivity contribution in [1.29, 1.82) is 0 Å². The van der Waals surface area contributed by atoms with Gasteiger partial charge in [-0.1, -0.05) is 58.0 Å². The molecule has 0 spiro atoms. The van der Waals surface area contributed by atoms with E-state index in [2.05, 4.69) is 87.7 Å². The average molecular weight is 410 g/mol. The Labute approximate surface area is 182 Å². The van der Waals surface area contributed by atoms with Gasteiger partial charge >= 0.3 is 0 Å². The van der Waals surface area contributed by atoms with Crippen LogP contribution in [-0.2, 0) is 0 Å². The van der Waals surface area contributed by atoms with Gasteiger partial charge in [-0.25, -0.2) is 9.97 Å². The number of rotatable bonds is 4. The van der Waals surface area contributed by atoms with Crippen molar-refractivity contribution in [3.05, 3.63) is 77.7 Å². The lowest BCUT2D eigenvalue weighted by Gasteiger charge is -2.16. The number of aromatic nitrogens is 3. The van der Waals surface area contributed by atoms with Gasteiger partial charge in [0, 0.05) is 28.9 Å². The van der Waals surface area contributed by atoms with E-state index in [1.165, 1.54) is 5.56 Å². The van der Waals surface area contributed by atoms with Gasteiger partial charge in [-0.3, -0.25) is 4.57 Å². The van der Waals surface area contributed by atoms with E-state index in [0.29, 0.717) is 17.5 Å². The van der Waals surface area contributed by atoms with E-state index in [-0.39, 0.29) is 0 Å². The molecule has 0 unspecified atom stereocenters. The number of imidazole rings is 1. The number of hydrogen-bond donors (Lipinski definition) is 0. The second-order valence-electron chi connectivity index (χ2n) is 8.81. The molecule has 5 rings (SSSR count). The Kier molecular flexibility index (Phi) is 4.66. The minimum absolute atomic E-state index is 0.352. The Morgan fingerprint density at radius 2 is 1.65 bits per heavy atom. The van der Waals surface area contributed by atoms with Crippen molar-refractivity contribution in [3.63, 3.8) is 0 Å². The van der Waals surface area contributed by atoms with E-state index in [4.69, 9.17) is 14.4 Å². The third-order valence-corrected chi connectivity index (χ3v) is 6.01. The van der Waals surface area contributed by atoms with Gasteiger partial charge in [-0.2, -0.15) is 0 Å². The molecule has 31 heavy (non-hydrogen) atoms. The first-order valence-corrected chi connectivity index (χ1v) is 10.9. The van der Waals surface area contributed by atoms with E-state index < -0.39 is 0 Å². The van der Waals surface area contributed by atoms with Crippen molar-refractivity contribution in [2.45, 2.75) is 46.5 Å². The lowest BCUT2D eigenvalue weighted by molar-refractivity contribution is 0.648. The van der Waals surface area contributed by atoms with Crippen molar-refractivity contribution < 1.29 is 4.42 Å². The van der Waals surface area contributed by atoms with Crippen LogP contribution in [0.25, 0.3) is 39.1 Å². The number of benzene rings is 2. The number of furan rings is 1. The highest BCUT2D eigenvalue weighted by Crippen LogP contribution is 2.38. The summed E-state index contributed by atoms with van der Waals surface area (Å²) in [6.45, 7) is 10.9. The van der Waals surface area contributed by atoms with Crippen LogP contribution < -0.4 is 0 Å². The van der Waals surface area contributed by atoms with Crippen LogP contribution >= 0.6 is 0 Å². The summed E-state index contributed by atoms with van der Waals surface area (Å²) in [5, 5.41) is 2.12. The molecule has 4 nitrogen and oxygen atoms in total. The van der Waals surface area contributed by atoms with Crippen LogP contribution in [0.3, 0.4) is 0 Å². The lowest BCUT2D eigenvalue weighted by Crippen LogP contribution is -2.03. The second kappa shape index (κ2) is 7.38. The zero-order chi connectivity index (χ0) is 21.7. The van der Waals surface area contributed by atoms with E-state index in [1.807, 2.05) is 12.4 Å². The Morgan fingerprint density at radius 3 is 2.42 bits per heavy atom. The number of aryl methyl sites for hydroxylation is 1. The molecule has 0 N–H and O–H groups in total. The second-order valence-corrected chi connectivity index (χ2v) is 8.81. The van der Waals surface area contributed by atoms with Gasteiger partial charge in [0.15, 0.2) is 0 Å². The Bertz CT molecular complexity index is 1410. The molecular weight excluding hydrogens is 382 g/mol. The molecular formula is C27H27N3O. The van der Waals surface area contributed by atoms with Crippen molar-refractivity contribution in [2.24, 2.45) is 0 Å². The molecule has 0 radical (unpaired) electrons. The third-order valence-electron chi connectivity index (χ3n) is 6.01. The zero-order valence-corrected chi connectivity index (χ0v) is 18.7. The summed E-state index contributed by atoms with van der Waals surface area (Å²) < 4.78 is 8.56. The minimum Gasteiger partial charge on any atom is -0.437 e. The highest BCUT2D eigenvalue weighted by molar-refractivity contribution is 6.08. The highest BCUT2D eigenvalue weighted by atomic mass is 16.3. The summed E-state index contributed by atoms with van der Waals surface area (Å²) >= 11 is 0. The van der Waals surface area contributed by atoms with E-state index >= 15 is 0 Å². The van der Waals surface area contributed by atoms with Crippen molar-refractivity contribution in [2.75, 3.05) is 0 Å². The van der Waals surface area contributed by atoms with Gasteiger partial charge < -0.3 is 4.42 Å². The predicted octanol–water partition coefficient (Wildman–Crippen LogP) is 7.39. The van der Waals surface area contributed by atoms with E-state index in [1.54, 1.807) is 0 Å². The minimum atomic E-state index is 0.352. The molecule has 156 valence electrons. The first kappa shape index (κ1) is 19.6. The monoisotopic (exact) mass is 409 g/mol. The highest BCUT2D eigenvalue weighted by Gasteiger charge is 2.21. The maximum Gasteiger partial charge on any atom is 0.227 e. The van der Waals surface area contributed by atoms with Gasteiger partial charge in [0.2, 0.25) is 5.71 Å². The van der Waals surface area contributed by atoms with Crippen LogP contribution in [-0.4, -0.2) is 14.5 Å². The Balaban J connectivity index is 1.79. The lowest BCUT2D eigenvalue weighted by atomic mass is 10.00. The summed E-state index contributed by atoms with van der Waals surface area (Å²) in [4.78, 5) is 9.56. The molecule has 5 aromatic rings. The zero-order valence-electron chi connectivity index (χ0n) is 18.7. The fourth-order valence-corrected chi connectivity index (χ4v) is 4.31. The Morgan fingerprint density at radius 1 is 0.871 bits per heavy atom. The first-order valence-electron chi connectivity index (χ1n) is 10.9. The standard InChI is InChI=1S/C27H27N3O/c1-16(2)19-8-6-7-9-23(19)30-15-14-28-26(30)24-18(5)10-11-20-21-12-13-22(17(3)4)29-27(21)31-25(20)24/h6-17H,1-5H3. The SMILES string of the molecule is Cc1ccc2c(oc3nc(C(C)C)ccc32)c1-c1nccn1-c1ccccc1C(C)C. The van der Waals surface area contributed by atoms with Gasteiger partial charge in [0.05, 0.1) is 11.3 Å². The summed E-state index contributed by atoms with van der Waals surface area (Å²) in [5.74, 6) is 1.65. The molecule has 3 heterocycles. The Hall–Kier alpha value is -3.40. The molecule has 0 saturated heterocycles. The number of fused-ring (bicyclic) bond motifs is 3. The van der Waals surface area contributed by atoms with Gasteiger partial charge in [0.25, 0.3) is 0 Å².